The van der Waals surface area contributed by atoms with E-state index in [0.29, 0.717) is 0 Å². The molecule has 0 amide bonds. The number of aromatic nitrogens is 2. The van der Waals surface area contributed by atoms with Gasteiger partial charge in [0.25, 0.3) is 0 Å². The van der Waals surface area contributed by atoms with Crippen molar-refractivity contribution in [3.8, 4) is 50.5 Å². The van der Waals surface area contributed by atoms with Crippen LogP contribution < -0.4 is 0 Å². The van der Waals surface area contributed by atoms with E-state index in [4.69, 9.17) is 4.98 Å². The van der Waals surface area contributed by atoms with Gasteiger partial charge in [-0.15, -0.1) is 0 Å². The summed E-state index contributed by atoms with van der Waals surface area (Å²) in [5.74, 6) is 0.938. The summed E-state index contributed by atoms with van der Waals surface area (Å²) in [6, 6.07) is 71.3. The highest BCUT2D eigenvalue weighted by molar-refractivity contribution is 6.16. The summed E-state index contributed by atoms with van der Waals surface area (Å²) in [4.78, 5) is 5.36. The second-order valence-electron chi connectivity index (χ2n) is 14.6. The highest BCUT2D eigenvalue weighted by atomic mass is 15.1. The summed E-state index contributed by atoms with van der Waals surface area (Å²) in [5.41, 5.74) is 16.9. The number of benzene rings is 9. The molecule has 0 saturated heterocycles. The van der Waals surface area contributed by atoms with Crippen LogP contribution in [-0.4, -0.2) is 9.55 Å². The molecule has 2 aliphatic rings. The van der Waals surface area contributed by atoms with Crippen LogP contribution in [0.15, 0.2) is 194 Å². The summed E-state index contributed by atoms with van der Waals surface area (Å²) in [6.45, 7) is 0. The summed E-state index contributed by atoms with van der Waals surface area (Å²) in [7, 11) is 0. The number of hydrogen-bond acceptors (Lipinski definition) is 1. The van der Waals surface area contributed by atoms with Gasteiger partial charge in [0.2, 0.25) is 0 Å². The molecule has 0 fully saturated rings. The second-order valence-corrected chi connectivity index (χ2v) is 14.6. The van der Waals surface area contributed by atoms with Crippen molar-refractivity contribution < 1.29 is 0 Å². The Kier molecular flexibility index (Phi) is 6.01. The fraction of sp³-hybridized carbons (Fsp3) is 0.0192. The van der Waals surface area contributed by atoms with Crippen LogP contribution in [0.4, 0.5) is 0 Å². The minimum atomic E-state index is -0.458. The van der Waals surface area contributed by atoms with Crippen LogP contribution in [0.5, 0.6) is 0 Å². The molecule has 0 saturated carbocycles. The lowest BCUT2D eigenvalue weighted by Crippen LogP contribution is -2.26. The van der Waals surface area contributed by atoms with Crippen LogP contribution in [-0.2, 0) is 5.41 Å². The third-order valence-electron chi connectivity index (χ3n) is 12.0. The number of para-hydroxylation sites is 1. The van der Waals surface area contributed by atoms with Crippen molar-refractivity contribution in [2.75, 3.05) is 0 Å². The zero-order valence-corrected chi connectivity index (χ0v) is 29.4. The SMILES string of the molecule is c1ccc(-c2nc3cc(-c4cc5c(c6ccccc46)-c4c(ccc6ccccc46)C54c5ccccc5-c5ccccc54)ccc3n2-c2ccccc2)cc1. The zero-order valence-electron chi connectivity index (χ0n) is 29.4. The molecule has 0 aliphatic heterocycles. The van der Waals surface area contributed by atoms with Crippen molar-refractivity contribution in [2.45, 2.75) is 5.41 Å². The van der Waals surface area contributed by atoms with Gasteiger partial charge in [0.15, 0.2) is 0 Å². The molecule has 0 bridgehead atoms. The Labute approximate surface area is 313 Å². The van der Waals surface area contributed by atoms with Crippen molar-refractivity contribution in [2.24, 2.45) is 0 Å². The molecule has 0 atom stereocenters. The third kappa shape index (κ3) is 3.81. The molecule has 1 spiro atoms. The quantitative estimate of drug-likeness (QED) is 0.181. The summed E-state index contributed by atoms with van der Waals surface area (Å²) in [5, 5.41) is 5.09. The van der Waals surface area contributed by atoms with Gasteiger partial charge >= 0.3 is 0 Å². The normalized spacial score (nSPS) is 13.3. The fourth-order valence-electron chi connectivity index (χ4n) is 9.86. The van der Waals surface area contributed by atoms with Gasteiger partial charge in [-0.25, -0.2) is 4.98 Å². The standard InChI is InChI=1S/C52H32N2/c1-3-16-34(17-4-1)51-53-47-31-35(28-30-48(47)54(51)36-18-5-2-6-19-36)42-32-46-50(41-24-10-9-21-38(41)42)49-37-20-8-7-15-33(37)27-29-45(49)52(46)43-25-13-11-22-39(43)40-23-12-14-26-44(40)52/h1-32H. The Morgan fingerprint density at radius 1 is 0.389 bits per heavy atom. The number of fused-ring (bicyclic) bond motifs is 15. The van der Waals surface area contributed by atoms with E-state index in [-0.39, 0.29) is 0 Å². The van der Waals surface area contributed by atoms with E-state index in [1.54, 1.807) is 0 Å². The van der Waals surface area contributed by atoms with E-state index < -0.39 is 5.41 Å². The Balaban J connectivity index is 1.19. The monoisotopic (exact) mass is 684 g/mol. The second kappa shape index (κ2) is 11.0. The Morgan fingerprint density at radius 3 is 1.76 bits per heavy atom. The van der Waals surface area contributed by atoms with Gasteiger partial charge in [-0.05, 0) is 108 Å². The van der Waals surface area contributed by atoms with Crippen LogP contribution in [0.3, 0.4) is 0 Å². The molecule has 10 aromatic rings. The Hall–Kier alpha value is -7.03. The van der Waals surface area contributed by atoms with E-state index in [0.717, 1.165) is 33.7 Å². The van der Waals surface area contributed by atoms with E-state index in [9.17, 15) is 0 Å². The molecule has 54 heavy (non-hydrogen) atoms. The molecule has 250 valence electrons. The molecule has 12 rings (SSSR count). The summed E-state index contributed by atoms with van der Waals surface area (Å²) in [6.07, 6.45) is 0. The lowest BCUT2D eigenvalue weighted by molar-refractivity contribution is 0.795. The van der Waals surface area contributed by atoms with Gasteiger partial charge < -0.3 is 0 Å². The average molecular weight is 685 g/mol. The molecule has 0 radical (unpaired) electrons. The Morgan fingerprint density at radius 2 is 1.00 bits per heavy atom. The van der Waals surface area contributed by atoms with Gasteiger partial charge in [0, 0.05) is 11.3 Å². The number of nitrogens with zero attached hydrogens (tertiary/aromatic N) is 2. The van der Waals surface area contributed by atoms with Crippen LogP contribution in [0.1, 0.15) is 22.3 Å². The van der Waals surface area contributed by atoms with E-state index in [1.807, 2.05) is 0 Å². The molecule has 2 heteroatoms. The smallest absolute Gasteiger partial charge is 0.145 e. The van der Waals surface area contributed by atoms with Crippen molar-refractivity contribution >= 4 is 32.6 Å². The predicted molar refractivity (Wildman–Crippen MR) is 223 cm³/mol. The van der Waals surface area contributed by atoms with E-state index >= 15 is 0 Å². The molecule has 0 unspecified atom stereocenters. The largest absolute Gasteiger partial charge is 0.292 e. The number of hydrogen-bond donors (Lipinski definition) is 0. The Bertz CT molecular complexity index is 3110. The first-order valence-corrected chi connectivity index (χ1v) is 18.7. The van der Waals surface area contributed by atoms with Crippen molar-refractivity contribution in [3.05, 3.63) is 216 Å². The maximum atomic E-state index is 5.36. The zero-order chi connectivity index (χ0) is 35.4. The molecule has 9 aromatic carbocycles. The molecule has 2 nitrogen and oxygen atoms in total. The summed E-state index contributed by atoms with van der Waals surface area (Å²) < 4.78 is 2.29. The lowest BCUT2D eigenvalue weighted by atomic mass is 9.70. The van der Waals surface area contributed by atoms with Gasteiger partial charge in [-0.3, -0.25) is 4.57 Å². The van der Waals surface area contributed by atoms with Gasteiger partial charge in [0.1, 0.15) is 5.82 Å². The molecule has 0 N–H and O–H groups in total. The van der Waals surface area contributed by atoms with Crippen molar-refractivity contribution in [3.63, 3.8) is 0 Å². The highest BCUT2D eigenvalue weighted by Gasteiger charge is 2.52. The molecular weight excluding hydrogens is 653 g/mol. The minimum Gasteiger partial charge on any atom is -0.292 e. The fourth-order valence-corrected chi connectivity index (χ4v) is 9.86. The van der Waals surface area contributed by atoms with Crippen LogP contribution in [0, 0.1) is 0 Å². The first kappa shape index (κ1) is 29.5. The molecule has 1 aromatic heterocycles. The molecule has 2 aliphatic carbocycles. The van der Waals surface area contributed by atoms with E-state index in [2.05, 4.69) is 199 Å². The molecule has 1 heterocycles. The average Bonchev–Trinajstić information content (AvgIpc) is 3.88. The van der Waals surface area contributed by atoms with Crippen LogP contribution in [0.2, 0.25) is 0 Å². The maximum absolute atomic E-state index is 5.36. The molecular formula is C52H32N2. The van der Waals surface area contributed by atoms with Gasteiger partial charge in [-0.1, -0.05) is 164 Å². The third-order valence-corrected chi connectivity index (χ3v) is 12.0. The van der Waals surface area contributed by atoms with Gasteiger partial charge in [0.05, 0.1) is 16.4 Å². The van der Waals surface area contributed by atoms with E-state index in [1.165, 1.54) is 71.6 Å². The number of rotatable bonds is 3. The van der Waals surface area contributed by atoms with Crippen molar-refractivity contribution in [1.29, 1.82) is 0 Å². The van der Waals surface area contributed by atoms with Crippen molar-refractivity contribution in [1.82, 2.24) is 9.55 Å². The first-order valence-electron chi connectivity index (χ1n) is 18.7. The van der Waals surface area contributed by atoms with Gasteiger partial charge in [-0.2, -0.15) is 0 Å². The number of imidazole rings is 1. The maximum Gasteiger partial charge on any atom is 0.145 e. The summed E-state index contributed by atoms with van der Waals surface area (Å²) >= 11 is 0. The topological polar surface area (TPSA) is 17.8 Å². The highest BCUT2D eigenvalue weighted by Crippen LogP contribution is 2.65. The predicted octanol–water partition coefficient (Wildman–Crippen LogP) is 13.0. The first-order chi connectivity index (χ1) is 26.8. The lowest BCUT2D eigenvalue weighted by Gasteiger charge is -2.31. The minimum absolute atomic E-state index is 0.458. The van der Waals surface area contributed by atoms with Crippen LogP contribution in [0.25, 0.3) is 83.0 Å². The van der Waals surface area contributed by atoms with Crippen LogP contribution >= 0.6 is 0 Å².